The lowest BCUT2D eigenvalue weighted by Gasteiger charge is -2.11. The normalized spacial score (nSPS) is 11.6. The average molecular weight is 304 g/mol. The van der Waals surface area contributed by atoms with Gasteiger partial charge in [0.2, 0.25) is 0 Å². The van der Waals surface area contributed by atoms with Gasteiger partial charge in [0.25, 0.3) is 10.0 Å². The third-order valence-electron chi connectivity index (χ3n) is 3.39. The van der Waals surface area contributed by atoms with Gasteiger partial charge < -0.3 is 5.73 Å². The first kappa shape index (κ1) is 15.4. The number of nitrogens with two attached hydrogens (primary N) is 1. The van der Waals surface area contributed by atoms with E-state index in [-0.39, 0.29) is 4.90 Å². The lowest BCUT2D eigenvalue weighted by atomic mass is 10.0. The molecule has 4 nitrogen and oxygen atoms in total. The number of hydrogen-bond acceptors (Lipinski definition) is 3. The third-order valence-corrected chi connectivity index (χ3v) is 4.77. The molecule has 2 aromatic rings. The second-order valence-corrected chi connectivity index (χ2v) is 7.08. The Labute approximate surface area is 126 Å². The number of nitrogen functional groups attached to an aromatic ring is 1. The molecular formula is C16H20N2O2S. The number of nitrogens with one attached hydrogen (secondary N) is 1. The van der Waals surface area contributed by atoms with E-state index in [0.717, 1.165) is 11.1 Å². The molecule has 2 rings (SSSR count). The van der Waals surface area contributed by atoms with Crippen LogP contribution in [0.1, 0.15) is 30.9 Å². The summed E-state index contributed by atoms with van der Waals surface area (Å²) in [6.07, 6.45) is 0. The summed E-state index contributed by atoms with van der Waals surface area (Å²) >= 11 is 0. The van der Waals surface area contributed by atoms with E-state index in [1.54, 1.807) is 24.3 Å². The summed E-state index contributed by atoms with van der Waals surface area (Å²) in [5.41, 5.74) is 8.80. The van der Waals surface area contributed by atoms with Crippen LogP contribution in [0.3, 0.4) is 0 Å². The Morgan fingerprint density at radius 1 is 1.05 bits per heavy atom. The quantitative estimate of drug-likeness (QED) is 0.849. The maximum Gasteiger partial charge on any atom is 0.261 e. The van der Waals surface area contributed by atoms with Crippen LogP contribution < -0.4 is 10.5 Å². The zero-order valence-electron chi connectivity index (χ0n) is 12.4. The molecule has 0 atom stereocenters. The summed E-state index contributed by atoms with van der Waals surface area (Å²) in [5.74, 6) is 0.410. The Morgan fingerprint density at radius 2 is 1.67 bits per heavy atom. The van der Waals surface area contributed by atoms with Crippen molar-refractivity contribution >= 4 is 21.4 Å². The molecule has 0 amide bonds. The van der Waals surface area contributed by atoms with Crippen molar-refractivity contribution < 1.29 is 8.42 Å². The minimum absolute atomic E-state index is 0.165. The molecule has 21 heavy (non-hydrogen) atoms. The molecule has 0 aromatic heterocycles. The van der Waals surface area contributed by atoms with Gasteiger partial charge in [-0.05, 0) is 48.2 Å². The number of hydrogen-bond donors (Lipinski definition) is 2. The van der Waals surface area contributed by atoms with Crippen molar-refractivity contribution in [2.24, 2.45) is 0 Å². The standard InChI is InChI=1S/C16H20N2O2S/c1-11(2)13-5-7-14(8-6-13)18-21(19,20)15-9-4-12(3)16(17)10-15/h4-11,18H,17H2,1-3H3. The molecule has 0 radical (unpaired) electrons. The van der Waals surface area contributed by atoms with Gasteiger partial charge in [-0.25, -0.2) is 8.42 Å². The lowest BCUT2D eigenvalue weighted by molar-refractivity contribution is 0.601. The molecule has 0 saturated carbocycles. The predicted octanol–water partition coefficient (Wildman–Crippen LogP) is 3.50. The van der Waals surface area contributed by atoms with Crippen LogP contribution in [0, 0.1) is 6.92 Å². The number of sulfonamides is 1. The van der Waals surface area contributed by atoms with Gasteiger partial charge in [-0.2, -0.15) is 0 Å². The molecule has 5 heteroatoms. The highest BCUT2D eigenvalue weighted by molar-refractivity contribution is 7.92. The first-order valence-corrected chi connectivity index (χ1v) is 8.27. The minimum atomic E-state index is -3.62. The van der Waals surface area contributed by atoms with Gasteiger partial charge in [-0.15, -0.1) is 0 Å². The van der Waals surface area contributed by atoms with Crippen LogP contribution in [-0.2, 0) is 10.0 Å². The van der Waals surface area contributed by atoms with Crippen LogP contribution in [0.25, 0.3) is 0 Å². The largest absolute Gasteiger partial charge is 0.398 e. The van der Waals surface area contributed by atoms with Crippen molar-refractivity contribution in [1.29, 1.82) is 0 Å². The van der Waals surface area contributed by atoms with Crippen molar-refractivity contribution in [3.63, 3.8) is 0 Å². The zero-order chi connectivity index (χ0) is 15.6. The van der Waals surface area contributed by atoms with Gasteiger partial charge in [0, 0.05) is 11.4 Å². The molecule has 0 spiro atoms. The van der Waals surface area contributed by atoms with Crippen molar-refractivity contribution in [3.05, 3.63) is 53.6 Å². The van der Waals surface area contributed by atoms with E-state index >= 15 is 0 Å². The SMILES string of the molecule is Cc1ccc(S(=O)(=O)Nc2ccc(C(C)C)cc2)cc1N. The maximum absolute atomic E-state index is 12.3. The van der Waals surface area contributed by atoms with Crippen molar-refractivity contribution in [1.82, 2.24) is 0 Å². The first-order chi connectivity index (χ1) is 9.79. The topological polar surface area (TPSA) is 72.2 Å². The predicted molar refractivity (Wildman–Crippen MR) is 86.9 cm³/mol. The fraction of sp³-hybridized carbons (Fsp3) is 0.250. The van der Waals surface area contributed by atoms with E-state index in [1.807, 2.05) is 19.1 Å². The molecule has 0 aliphatic heterocycles. The summed E-state index contributed by atoms with van der Waals surface area (Å²) in [5, 5.41) is 0. The van der Waals surface area contributed by atoms with E-state index < -0.39 is 10.0 Å². The van der Waals surface area contributed by atoms with Crippen LogP contribution in [0.5, 0.6) is 0 Å². The van der Waals surface area contributed by atoms with E-state index in [9.17, 15) is 8.42 Å². The van der Waals surface area contributed by atoms with Crippen molar-refractivity contribution in [3.8, 4) is 0 Å². The first-order valence-electron chi connectivity index (χ1n) is 6.78. The third kappa shape index (κ3) is 3.55. The molecule has 0 bridgehead atoms. The van der Waals surface area contributed by atoms with Gasteiger partial charge in [-0.1, -0.05) is 32.0 Å². The van der Waals surface area contributed by atoms with E-state index in [4.69, 9.17) is 5.73 Å². The Hall–Kier alpha value is -2.01. The summed E-state index contributed by atoms with van der Waals surface area (Å²) in [4.78, 5) is 0.165. The molecule has 0 heterocycles. The van der Waals surface area contributed by atoms with E-state index in [1.165, 1.54) is 6.07 Å². The fourth-order valence-corrected chi connectivity index (χ4v) is 3.03. The molecule has 112 valence electrons. The van der Waals surface area contributed by atoms with Crippen LogP contribution in [0.4, 0.5) is 11.4 Å². The highest BCUT2D eigenvalue weighted by Crippen LogP contribution is 2.22. The molecule has 0 saturated heterocycles. The average Bonchev–Trinajstić information content (AvgIpc) is 2.42. The highest BCUT2D eigenvalue weighted by Gasteiger charge is 2.15. The maximum atomic E-state index is 12.3. The van der Waals surface area contributed by atoms with E-state index in [2.05, 4.69) is 18.6 Å². The monoisotopic (exact) mass is 304 g/mol. The molecule has 0 aliphatic rings. The van der Waals surface area contributed by atoms with Crippen LogP contribution in [0.2, 0.25) is 0 Å². The van der Waals surface area contributed by atoms with Gasteiger partial charge in [0.1, 0.15) is 0 Å². The Bertz CT molecular complexity index is 735. The van der Waals surface area contributed by atoms with Gasteiger partial charge in [0.05, 0.1) is 4.90 Å². The molecular weight excluding hydrogens is 284 g/mol. The number of rotatable bonds is 4. The fourth-order valence-electron chi connectivity index (χ4n) is 1.94. The summed E-state index contributed by atoms with van der Waals surface area (Å²) in [7, 11) is -3.62. The van der Waals surface area contributed by atoms with Crippen molar-refractivity contribution in [2.75, 3.05) is 10.5 Å². The minimum Gasteiger partial charge on any atom is -0.398 e. The Balaban J connectivity index is 2.26. The molecule has 0 aliphatic carbocycles. The lowest BCUT2D eigenvalue weighted by Crippen LogP contribution is -2.13. The van der Waals surface area contributed by atoms with Crippen LogP contribution in [0.15, 0.2) is 47.4 Å². The molecule has 0 fully saturated rings. The van der Waals surface area contributed by atoms with Gasteiger partial charge in [0.15, 0.2) is 0 Å². The summed E-state index contributed by atoms with van der Waals surface area (Å²) in [6.45, 7) is 6.02. The number of anilines is 2. The van der Waals surface area contributed by atoms with Crippen LogP contribution in [-0.4, -0.2) is 8.42 Å². The molecule has 0 unspecified atom stereocenters. The van der Waals surface area contributed by atoms with Crippen molar-refractivity contribution in [2.45, 2.75) is 31.6 Å². The van der Waals surface area contributed by atoms with Crippen LogP contribution >= 0.6 is 0 Å². The van der Waals surface area contributed by atoms with Gasteiger partial charge >= 0.3 is 0 Å². The summed E-state index contributed by atoms with van der Waals surface area (Å²) in [6, 6.07) is 12.1. The summed E-state index contributed by atoms with van der Waals surface area (Å²) < 4.78 is 27.2. The highest BCUT2D eigenvalue weighted by atomic mass is 32.2. The van der Waals surface area contributed by atoms with E-state index in [0.29, 0.717) is 17.3 Å². The number of benzene rings is 2. The second kappa shape index (κ2) is 5.77. The Morgan fingerprint density at radius 3 is 2.19 bits per heavy atom. The van der Waals surface area contributed by atoms with Gasteiger partial charge in [-0.3, -0.25) is 4.72 Å². The smallest absolute Gasteiger partial charge is 0.261 e. The zero-order valence-corrected chi connectivity index (χ0v) is 13.2. The Kier molecular flexibility index (Phi) is 4.23. The molecule has 3 N–H and O–H groups in total. The second-order valence-electron chi connectivity index (χ2n) is 5.40. The number of aryl methyl sites for hydroxylation is 1. The molecule has 2 aromatic carbocycles.